The maximum absolute atomic E-state index is 12.6. The molecule has 0 aromatic rings. The maximum atomic E-state index is 12.6. The van der Waals surface area contributed by atoms with Gasteiger partial charge < -0.3 is 28.5 Å². The molecule has 0 fully saturated rings. The average Bonchev–Trinajstić information content (AvgIpc) is 3.03. The molecule has 1 N–H and O–H groups in total. The van der Waals surface area contributed by atoms with Gasteiger partial charge in [-0.1, -0.05) is 115 Å². The number of allylic oxidation sites excluding steroid dienone is 6. The zero-order chi connectivity index (χ0) is 35.7. The zero-order valence-electron chi connectivity index (χ0n) is 31.1. The molecule has 0 aromatic heterocycles. The molecule has 9 heteroatoms. The van der Waals surface area contributed by atoms with Gasteiger partial charge in [0.2, 0.25) is 0 Å². The summed E-state index contributed by atoms with van der Waals surface area (Å²) in [7, 11) is 5.93. The van der Waals surface area contributed by atoms with Gasteiger partial charge in [-0.3, -0.25) is 9.59 Å². The molecular formula is C39H70NO8+. The van der Waals surface area contributed by atoms with E-state index < -0.39 is 24.3 Å². The second kappa shape index (κ2) is 31.8. The number of quaternary nitrogens is 1. The van der Waals surface area contributed by atoms with Crippen LogP contribution in [-0.4, -0.2) is 87.4 Å². The standard InChI is InChI=1S/C39H69NO8/c1-6-8-10-12-14-16-18-19-20-22-24-26-28-30-37(42)48-35(34-47-39(38(43)44)45-32-31-40(3,4)5)33-46-36(41)29-27-25-23-21-17-15-13-11-9-7-2/h8,10,14,16,19-20,35,39H,6-7,9,11-13,15,17-18,21-34H2,1-5H3/p+1/b10-8-,16-14-,20-19-. The molecule has 0 spiro atoms. The topological polar surface area (TPSA) is 108 Å². The largest absolute Gasteiger partial charge is 0.477 e. The smallest absolute Gasteiger partial charge is 0.361 e. The monoisotopic (exact) mass is 681 g/mol. The number of carbonyl (C=O) groups excluding carboxylic acids is 2. The molecular weight excluding hydrogens is 610 g/mol. The quantitative estimate of drug-likeness (QED) is 0.0241. The molecule has 278 valence electrons. The number of likely N-dealkylation sites (N-methyl/N-ethyl adjacent to an activating group) is 1. The number of rotatable bonds is 33. The van der Waals surface area contributed by atoms with Crippen molar-refractivity contribution in [3.05, 3.63) is 36.5 Å². The zero-order valence-corrected chi connectivity index (χ0v) is 31.1. The van der Waals surface area contributed by atoms with Crippen LogP contribution < -0.4 is 0 Å². The van der Waals surface area contributed by atoms with Crippen molar-refractivity contribution < 1.29 is 42.9 Å². The summed E-state index contributed by atoms with van der Waals surface area (Å²) in [4.78, 5) is 36.8. The minimum atomic E-state index is -1.51. The van der Waals surface area contributed by atoms with Crippen molar-refractivity contribution in [2.45, 2.75) is 148 Å². The number of carboxylic acid groups (broad SMARTS) is 1. The maximum Gasteiger partial charge on any atom is 0.361 e. The number of hydrogen-bond acceptors (Lipinski definition) is 7. The molecule has 0 radical (unpaired) electrons. The van der Waals surface area contributed by atoms with Gasteiger partial charge in [0.25, 0.3) is 6.29 Å². The molecule has 2 unspecified atom stereocenters. The predicted molar refractivity (Wildman–Crippen MR) is 194 cm³/mol. The number of ether oxygens (including phenoxy) is 4. The molecule has 2 atom stereocenters. The van der Waals surface area contributed by atoms with E-state index in [0.717, 1.165) is 57.8 Å². The van der Waals surface area contributed by atoms with Gasteiger partial charge in [-0.15, -0.1) is 0 Å². The highest BCUT2D eigenvalue weighted by Gasteiger charge is 2.25. The summed E-state index contributed by atoms with van der Waals surface area (Å²) in [6.07, 6.45) is 29.2. The van der Waals surface area contributed by atoms with E-state index in [1.165, 1.54) is 44.9 Å². The minimum Gasteiger partial charge on any atom is -0.477 e. The first kappa shape index (κ1) is 45.5. The Morgan fingerprint density at radius 3 is 1.77 bits per heavy atom. The lowest BCUT2D eigenvalue weighted by Gasteiger charge is -2.25. The Hall–Kier alpha value is -2.49. The number of hydrogen-bond donors (Lipinski definition) is 1. The van der Waals surface area contributed by atoms with Crippen LogP contribution in [0.2, 0.25) is 0 Å². The van der Waals surface area contributed by atoms with Crippen molar-refractivity contribution >= 4 is 17.9 Å². The van der Waals surface area contributed by atoms with E-state index in [2.05, 4.69) is 50.3 Å². The Morgan fingerprint density at radius 1 is 0.646 bits per heavy atom. The summed E-state index contributed by atoms with van der Waals surface area (Å²) in [5.74, 6) is -2.06. The summed E-state index contributed by atoms with van der Waals surface area (Å²) < 4.78 is 22.5. The number of esters is 2. The van der Waals surface area contributed by atoms with Crippen molar-refractivity contribution in [2.75, 3.05) is 47.5 Å². The number of unbranched alkanes of at least 4 members (excludes halogenated alkanes) is 12. The predicted octanol–water partition coefficient (Wildman–Crippen LogP) is 8.71. The molecule has 0 saturated carbocycles. The highest BCUT2D eigenvalue weighted by atomic mass is 16.7. The first-order valence-electron chi connectivity index (χ1n) is 18.7. The molecule has 0 saturated heterocycles. The van der Waals surface area contributed by atoms with Crippen LogP contribution in [0.5, 0.6) is 0 Å². The molecule has 48 heavy (non-hydrogen) atoms. The molecule has 0 bridgehead atoms. The summed E-state index contributed by atoms with van der Waals surface area (Å²) >= 11 is 0. The second-order valence-corrected chi connectivity index (χ2v) is 13.5. The SMILES string of the molecule is CC/C=C\C/C=C\C/C=C\CCCCCC(=O)OC(COC(=O)CCCCCCCCCCCC)COC(OCC[N+](C)(C)C)C(=O)O. The summed E-state index contributed by atoms with van der Waals surface area (Å²) in [5, 5.41) is 9.57. The van der Waals surface area contributed by atoms with E-state index in [4.69, 9.17) is 18.9 Å². The first-order chi connectivity index (χ1) is 23.1. The van der Waals surface area contributed by atoms with Gasteiger partial charge in [0.05, 0.1) is 34.4 Å². The summed E-state index contributed by atoms with van der Waals surface area (Å²) in [6, 6.07) is 0. The lowest BCUT2D eigenvalue weighted by Crippen LogP contribution is -2.40. The summed E-state index contributed by atoms with van der Waals surface area (Å²) in [6.45, 7) is 4.67. The van der Waals surface area contributed by atoms with Gasteiger partial charge in [0, 0.05) is 12.8 Å². The van der Waals surface area contributed by atoms with E-state index in [-0.39, 0.29) is 32.2 Å². The molecule has 9 nitrogen and oxygen atoms in total. The molecule has 0 rings (SSSR count). The minimum absolute atomic E-state index is 0.182. The van der Waals surface area contributed by atoms with Crippen LogP contribution in [0.3, 0.4) is 0 Å². The van der Waals surface area contributed by atoms with Gasteiger partial charge in [-0.25, -0.2) is 4.79 Å². The molecule has 0 aliphatic heterocycles. The van der Waals surface area contributed by atoms with Crippen LogP contribution >= 0.6 is 0 Å². The van der Waals surface area contributed by atoms with Crippen molar-refractivity contribution in [1.29, 1.82) is 0 Å². The number of carbonyl (C=O) groups is 3. The molecule has 0 aromatic carbocycles. The highest BCUT2D eigenvalue weighted by molar-refractivity contribution is 5.71. The van der Waals surface area contributed by atoms with Gasteiger partial charge >= 0.3 is 17.9 Å². The van der Waals surface area contributed by atoms with Crippen molar-refractivity contribution in [3.8, 4) is 0 Å². The van der Waals surface area contributed by atoms with E-state index in [0.29, 0.717) is 23.9 Å². The third-order valence-corrected chi connectivity index (χ3v) is 7.66. The van der Waals surface area contributed by atoms with Gasteiger partial charge in [-0.2, -0.15) is 0 Å². The van der Waals surface area contributed by atoms with Crippen molar-refractivity contribution in [3.63, 3.8) is 0 Å². The van der Waals surface area contributed by atoms with Crippen LogP contribution in [0, 0.1) is 0 Å². The number of carboxylic acids is 1. The van der Waals surface area contributed by atoms with Gasteiger partial charge in [-0.05, 0) is 44.9 Å². The molecule has 0 amide bonds. The van der Waals surface area contributed by atoms with Crippen LogP contribution in [0.4, 0.5) is 0 Å². The van der Waals surface area contributed by atoms with Crippen LogP contribution in [0.25, 0.3) is 0 Å². The fraction of sp³-hybridized carbons (Fsp3) is 0.769. The second-order valence-electron chi connectivity index (χ2n) is 13.5. The number of aliphatic carboxylic acids is 1. The Balaban J connectivity index is 4.62. The van der Waals surface area contributed by atoms with E-state index in [9.17, 15) is 19.5 Å². The van der Waals surface area contributed by atoms with Crippen molar-refractivity contribution in [2.24, 2.45) is 0 Å². The summed E-state index contributed by atoms with van der Waals surface area (Å²) in [5.41, 5.74) is 0. The molecule has 0 aliphatic carbocycles. The third-order valence-electron chi connectivity index (χ3n) is 7.66. The lowest BCUT2D eigenvalue weighted by atomic mass is 10.1. The third kappa shape index (κ3) is 32.1. The fourth-order valence-electron chi connectivity index (χ4n) is 4.73. The Morgan fingerprint density at radius 2 is 1.19 bits per heavy atom. The van der Waals surface area contributed by atoms with Crippen LogP contribution in [-0.2, 0) is 33.3 Å². The van der Waals surface area contributed by atoms with Crippen LogP contribution in [0.1, 0.15) is 136 Å². The fourth-order valence-corrected chi connectivity index (χ4v) is 4.73. The molecule has 0 aliphatic rings. The number of nitrogens with zero attached hydrogens (tertiary/aromatic N) is 1. The first-order valence-corrected chi connectivity index (χ1v) is 18.7. The Bertz CT molecular complexity index is 893. The highest BCUT2D eigenvalue weighted by Crippen LogP contribution is 2.13. The van der Waals surface area contributed by atoms with Crippen LogP contribution in [0.15, 0.2) is 36.5 Å². The average molecular weight is 681 g/mol. The van der Waals surface area contributed by atoms with Crippen molar-refractivity contribution in [1.82, 2.24) is 0 Å². The van der Waals surface area contributed by atoms with E-state index in [1.54, 1.807) is 0 Å². The van der Waals surface area contributed by atoms with Gasteiger partial charge in [0.15, 0.2) is 6.10 Å². The Labute approximate surface area is 292 Å². The van der Waals surface area contributed by atoms with E-state index in [1.807, 2.05) is 21.1 Å². The normalized spacial score (nSPS) is 13.4. The Kier molecular flexibility index (Phi) is 30.1. The lowest BCUT2D eigenvalue weighted by molar-refractivity contribution is -0.870. The van der Waals surface area contributed by atoms with Gasteiger partial charge in [0.1, 0.15) is 13.2 Å². The molecule has 0 heterocycles. The van der Waals surface area contributed by atoms with E-state index >= 15 is 0 Å².